The van der Waals surface area contributed by atoms with E-state index in [1.54, 1.807) is 18.2 Å². The largest absolute Gasteiger partial charge is 0.489 e. The van der Waals surface area contributed by atoms with Crippen LogP contribution in [0.3, 0.4) is 0 Å². The van der Waals surface area contributed by atoms with Crippen LogP contribution in [0.2, 0.25) is 10.0 Å². The van der Waals surface area contributed by atoms with Crippen LogP contribution in [0.1, 0.15) is 11.1 Å². The molecule has 1 N–H and O–H groups in total. The Bertz CT molecular complexity index is 946. The van der Waals surface area contributed by atoms with Gasteiger partial charge < -0.3 is 10.1 Å². The summed E-state index contributed by atoms with van der Waals surface area (Å²) in [5.74, 6) is 0.687. The molecule has 0 radical (unpaired) electrons. The maximum Gasteiger partial charge on any atom is 0.271 e. The van der Waals surface area contributed by atoms with Gasteiger partial charge in [-0.25, -0.2) is 0 Å². The number of non-ortho nitro benzene ring substituents is 1. The van der Waals surface area contributed by atoms with Crippen molar-refractivity contribution >= 4 is 34.6 Å². The highest BCUT2D eigenvalue weighted by molar-refractivity contribution is 6.30. The number of halogens is 2. The van der Waals surface area contributed by atoms with Crippen molar-refractivity contribution in [2.45, 2.75) is 13.2 Å². The van der Waals surface area contributed by atoms with Gasteiger partial charge in [-0.05, 0) is 42.0 Å². The van der Waals surface area contributed by atoms with Gasteiger partial charge in [0.25, 0.3) is 5.69 Å². The highest BCUT2D eigenvalue weighted by atomic mass is 35.5. The molecule has 138 valence electrons. The molecule has 0 unspecified atom stereocenters. The van der Waals surface area contributed by atoms with Crippen molar-refractivity contribution in [1.29, 1.82) is 0 Å². The number of nitrogens with one attached hydrogen (secondary N) is 1. The highest BCUT2D eigenvalue weighted by Crippen LogP contribution is 2.26. The van der Waals surface area contributed by atoms with E-state index >= 15 is 0 Å². The molecule has 27 heavy (non-hydrogen) atoms. The van der Waals surface area contributed by atoms with Crippen molar-refractivity contribution in [1.82, 2.24) is 0 Å². The smallest absolute Gasteiger partial charge is 0.271 e. The molecule has 0 aliphatic heterocycles. The van der Waals surface area contributed by atoms with E-state index in [-0.39, 0.29) is 5.69 Å². The zero-order valence-corrected chi connectivity index (χ0v) is 15.7. The minimum Gasteiger partial charge on any atom is -0.489 e. The second kappa shape index (κ2) is 8.75. The number of rotatable bonds is 7. The lowest BCUT2D eigenvalue weighted by Crippen LogP contribution is -2.04. The lowest BCUT2D eigenvalue weighted by molar-refractivity contribution is -0.384. The van der Waals surface area contributed by atoms with Crippen molar-refractivity contribution in [3.8, 4) is 5.75 Å². The summed E-state index contributed by atoms with van der Waals surface area (Å²) in [7, 11) is 0. The zero-order valence-electron chi connectivity index (χ0n) is 14.2. The van der Waals surface area contributed by atoms with Crippen LogP contribution >= 0.6 is 23.2 Å². The molecule has 0 saturated carbocycles. The average Bonchev–Trinajstić information content (AvgIpc) is 2.67. The van der Waals surface area contributed by atoms with Crippen LogP contribution in [0.15, 0.2) is 66.7 Å². The van der Waals surface area contributed by atoms with Crippen LogP contribution < -0.4 is 10.1 Å². The molecule has 7 heteroatoms. The minimum absolute atomic E-state index is 0.0327. The molecule has 0 atom stereocenters. The van der Waals surface area contributed by atoms with Gasteiger partial charge >= 0.3 is 0 Å². The van der Waals surface area contributed by atoms with Crippen molar-refractivity contribution in [2.24, 2.45) is 0 Å². The number of hydrogen-bond donors (Lipinski definition) is 1. The van der Waals surface area contributed by atoms with E-state index in [9.17, 15) is 10.1 Å². The second-order valence-corrected chi connectivity index (χ2v) is 6.70. The molecule has 0 fully saturated rings. The van der Waals surface area contributed by atoms with E-state index in [0.717, 1.165) is 11.1 Å². The summed E-state index contributed by atoms with van der Waals surface area (Å²) in [6.07, 6.45) is 0. The van der Waals surface area contributed by atoms with Gasteiger partial charge in [0.2, 0.25) is 0 Å². The number of ether oxygens (including phenoxy) is 1. The first kappa shape index (κ1) is 19.0. The topological polar surface area (TPSA) is 64.4 Å². The van der Waals surface area contributed by atoms with Crippen LogP contribution in [-0.4, -0.2) is 4.92 Å². The molecule has 0 aliphatic rings. The Hall–Kier alpha value is -2.76. The fourth-order valence-corrected chi connectivity index (χ4v) is 2.82. The Labute approximate surface area is 166 Å². The van der Waals surface area contributed by atoms with E-state index in [2.05, 4.69) is 5.32 Å². The van der Waals surface area contributed by atoms with Gasteiger partial charge in [0.1, 0.15) is 12.4 Å². The summed E-state index contributed by atoms with van der Waals surface area (Å²) in [6.45, 7) is 0.806. The lowest BCUT2D eigenvalue weighted by atomic mass is 10.2. The van der Waals surface area contributed by atoms with Gasteiger partial charge in [-0.1, -0.05) is 41.4 Å². The molecule has 0 aromatic heterocycles. The predicted molar refractivity (Wildman–Crippen MR) is 108 cm³/mol. The van der Waals surface area contributed by atoms with Crippen LogP contribution in [-0.2, 0) is 13.2 Å². The first-order chi connectivity index (χ1) is 13.0. The van der Waals surface area contributed by atoms with Gasteiger partial charge in [-0.3, -0.25) is 10.1 Å². The zero-order chi connectivity index (χ0) is 19.2. The molecule has 5 nitrogen and oxygen atoms in total. The Morgan fingerprint density at radius 1 is 0.963 bits per heavy atom. The molecule has 0 bridgehead atoms. The monoisotopic (exact) mass is 402 g/mol. The van der Waals surface area contributed by atoms with Crippen LogP contribution in [0.5, 0.6) is 5.75 Å². The Morgan fingerprint density at radius 2 is 1.70 bits per heavy atom. The van der Waals surface area contributed by atoms with Crippen molar-refractivity contribution in [2.75, 3.05) is 5.32 Å². The summed E-state index contributed by atoms with van der Waals surface area (Å²) in [5.41, 5.74) is 2.52. The SMILES string of the molecule is O=[N+]([O-])c1cccc(NCc2cc(Cl)ccc2OCc2ccc(Cl)cc2)c1. The van der Waals surface area contributed by atoms with Gasteiger partial charge in [0, 0.05) is 40.0 Å². The molecule has 0 aliphatic carbocycles. The van der Waals surface area contributed by atoms with Crippen molar-refractivity contribution in [3.05, 3.63) is 98.0 Å². The molecular formula is C20H16Cl2N2O3. The number of nitrogens with zero attached hydrogens (tertiary/aromatic N) is 1. The Balaban J connectivity index is 1.71. The molecule has 0 amide bonds. The fourth-order valence-electron chi connectivity index (χ4n) is 2.50. The number of hydrogen-bond acceptors (Lipinski definition) is 4. The molecule has 3 aromatic rings. The van der Waals surface area contributed by atoms with E-state index in [1.165, 1.54) is 12.1 Å². The van der Waals surface area contributed by atoms with E-state index in [1.807, 2.05) is 36.4 Å². The quantitative estimate of drug-likeness (QED) is 0.383. The number of benzene rings is 3. The summed E-state index contributed by atoms with van der Waals surface area (Å²) >= 11 is 12.0. The summed E-state index contributed by atoms with van der Waals surface area (Å²) in [4.78, 5) is 10.5. The van der Waals surface area contributed by atoms with Crippen molar-refractivity contribution < 1.29 is 9.66 Å². The van der Waals surface area contributed by atoms with Crippen molar-refractivity contribution in [3.63, 3.8) is 0 Å². The average molecular weight is 403 g/mol. The third kappa shape index (κ3) is 5.36. The molecular weight excluding hydrogens is 387 g/mol. The summed E-state index contributed by atoms with van der Waals surface area (Å²) < 4.78 is 5.92. The van der Waals surface area contributed by atoms with E-state index in [0.29, 0.717) is 34.6 Å². The summed E-state index contributed by atoms with van der Waals surface area (Å²) in [5, 5.41) is 15.3. The highest BCUT2D eigenvalue weighted by Gasteiger charge is 2.08. The molecule has 3 aromatic carbocycles. The predicted octanol–water partition coefficient (Wildman–Crippen LogP) is 6.09. The number of anilines is 1. The molecule has 0 saturated heterocycles. The second-order valence-electron chi connectivity index (χ2n) is 5.83. The maximum atomic E-state index is 10.9. The third-order valence-electron chi connectivity index (χ3n) is 3.87. The maximum absolute atomic E-state index is 10.9. The minimum atomic E-state index is -0.425. The lowest BCUT2D eigenvalue weighted by Gasteiger charge is -2.13. The normalized spacial score (nSPS) is 10.4. The number of nitro benzene ring substituents is 1. The first-order valence-corrected chi connectivity index (χ1v) is 8.91. The molecule has 0 spiro atoms. The number of nitro groups is 1. The van der Waals surface area contributed by atoms with Gasteiger partial charge in [0.15, 0.2) is 0 Å². The fraction of sp³-hybridized carbons (Fsp3) is 0.100. The third-order valence-corrected chi connectivity index (χ3v) is 4.36. The Morgan fingerprint density at radius 3 is 2.44 bits per heavy atom. The van der Waals surface area contributed by atoms with Crippen LogP contribution in [0, 0.1) is 10.1 Å². The van der Waals surface area contributed by atoms with E-state index in [4.69, 9.17) is 27.9 Å². The standard InChI is InChI=1S/C20H16Cl2N2O3/c21-16-6-4-14(5-7-16)13-27-20-9-8-17(22)10-15(20)12-23-18-2-1-3-19(11-18)24(25)26/h1-11,23H,12-13H2. The van der Waals surface area contributed by atoms with Crippen LogP contribution in [0.25, 0.3) is 0 Å². The van der Waals surface area contributed by atoms with Gasteiger partial charge in [-0.2, -0.15) is 0 Å². The molecule has 0 heterocycles. The summed E-state index contributed by atoms with van der Waals surface area (Å²) in [6, 6.07) is 19.1. The molecule has 3 rings (SSSR count). The van der Waals surface area contributed by atoms with E-state index < -0.39 is 4.92 Å². The first-order valence-electron chi connectivity index (χ1n) is 8.15. The van der Waals surface area contributed by atoms with Crippen LogP contribution in [0.4, 0.5) is 11.4 Å². The van der Waals surface area contributed by atoms with Gasteiger partial charge in [0.05, 0.1) is 4.92 Å². The van der Waals surface area contributed by atoms with Gasteiger partial charge in [-0.15, -0.1) is 0 Å². The Kier molecular flexibility index (Phi) is 6.16.